The van der Waals surface area contributed by atoms with Gasteiger partial charge in [-0.2, -0.15) is 0 Å². The Labute approximate surface area is 248 Å². The van der Waals surface area contributed by atoms with E-state index in [2.05, 4.69) is 39.4 Å². The van der Waals surface area contributed by atoms with Crippen LogP contribution in [0.25, 0.3) is 0 Å². The molecule has 0 aromatic heterocycles. The minimum atomic E-state index is -0.734. The molecule has 0 aliphatic carbocycles. The molecule has 0 amide bonds. The van der Waals surface area contributed by atoms with Gasteiger partial charge in [0.15, 0.2) is 0 Å². The summed E-state index contributed by atoms with van der Waals surface area (Å²) in [5.74, 6) is -0.248. The van der Waals surface area contributed by atoms with Crippen LogP contribution >= 0.6 is 0 Å². The Kier molecular flexibility index (Phi) is 11.5. The second kappa shape index (κ2) is 15.2. The number of non-ortho nitro benzene ring substituents is 1. The van der Waals surface area contributed by atoms with Crippen molar-refractivity contribution in [2.75, 3.05) is 39.3 Å². The molecule has 42 heavy (non-hydrogen) atoms. The highest BCUT2D eigenvalue weighted by molar-refractivity contribution is 5.74. The lowest BCUT2D eigenvalue weighted by atomic mass is 9.88. The summed E-state index contributed by atoms with van der Waals surface area (Å²) >= 11 is 0. The second-order valence-corrected chi connectivity index (χ2v) is 12.0. The minimum Gasteiger partial charge on any atom is -0.480 e. The summed E-state index contributed by atoms with van der Waals surface area (Å²) in [6.07, 6.45) is 3.10. The first kappa shape index (κ1) is 31.6. The molecule has 0 saturated carbocycles. The van der Waals surface area contributed by atoms with Crippen molar-refractivity contribution in [1.29, 1.82) is 0 Å². The van der Waals surface area contributed by atoms with E-state index in [4.69, 9.17) is 4.74 Å². The number of piperidine rings is 1. The van der Waals surface area contributed by atoms with Gasteiger partial charge in [0.25, 0.3) is 5.69 Å². The highest BCUT2D eigenvalue weighted by Gasteiger charge is 2.41. The first-order valence-corrected chi connectivity index (χ1v) is 15.1. The number of hydrogen-bond donors (Lipinski definition) is 2. The molecule has 0 unspecified atom stereocenters. The smallest absolute Gasteiger partial charge is 0.321 e. The van der Waals surface area contributed by atoms with E-state index in [1.54, 1.807) is 12.1 Å². The number of aliphatic carboxylic acids is 1. The van der Waals surface area contributed by atoms with Crippen molar-refractivity contribution in [2.24, 2.45) is 11.8 Å². The second-order valence-electron chi connectivity index (χ2n) is 12.0. The van der Waals surface area contributed by atoms with Crippen molar-refractivity contribution in [3.63, 3.8) is 0 Å². The van der Waals surface area contributed by atoms with Crippen LogP contribution in [-0.2, 0) is 20.9 Å². The summed E-state index contributed by atoms with van der Waals surface area (Å²) in [6, 6.07) is 16.5. The molecular formula is C32H44N4O6. The van der Waals surface area contributed by atoms with Crippen LogP contribution < -0.4 is 5.32 Å². The zero-order valence-corrected chi connectivity index (χ0v) is 24.7. The van der Waals surface area contributed by atoms with Gasteiger partial charge in [0.2, 0.25) is 0 Å². The summed E-state index contributed by atoms with van der Waals surface area (Å²) in [4.78, 5) is 39.2. The summed E-state index contributed by atoms with van der Waals surface area (Å²) in [5.41, 5.74) is 2.03. The molecule has 2 aliphatic rings. The van der Waals surface area contributed by atoms with Gasteiger partial charge >= 0.3 is 11.9 Å². The first-order valence-electron chi connectivity index (χ1n) is 15.1. The van der Waals surface area contributed by atoms with E-state index < -0.39 is 16.9 Å². The Hall–Kier alpha value is -3.34. The van der Waals surface area contributed by atoms with Crippen LogP contribution in [0.5, 0.6) is 0 Å². The normalized spacial score (nSPS) is 20.9. The lowest BCUT2D eigenvalue weighted by molar-refractivity contribution is -0.384. The van der Waals surface area contributed by atoms with Gasteiger partial charge in [-0.05, 0) is 74.0 Å². The molecule has 2 N–H and O–H groups in total. The number of nitro benzene ring substituents is 1. The largest absolute Gasteiger partial charge is 0.480 e. The van der Waals surface area contributed by atoms with Crippen molar-refractivity contribution in [3.8, 4) is 0 Å². The third kappa shape index (κ3) is 8.83. The summed E-state index contributed by atoms with van der Waals surface area (Å²) in [5, 5.41) is 24.3. The predicted octanol–water partition coefficient (Wildman–Crippen LogP) is 4.30. The maximum absolute atomic E-state index is 12.1. The van der Waals surface area contributed by atoms with E-state index >= 15 is 0 Å². The quantitative estimate of drug-likeness (QED) is 0.146. The van der Waals surface area contributed by atoms with Gasteiger partial charge < -0.3 is 20.1 Å². The number of carboxylic acids is 1. The molecule has 10 nitrogen and oxygen atoms in total. The Morgan fingerprint density at radius 3 is 2.38 bits per heavy atom. The monoisotopic (exact) mass is 580 g/mol. The number of esters is 1. The van der Waals surface area contributed by atoms with Crippen molar-refractivity contribution >= 4 is 17.6 Å². The number of carbonyl (C=O) groups is 2. The molecular weight excluding hydrogens is 536 g/mol. The van der Waals surface area contributed by atoms with Crippen LogP contribution in [0.4, 0.5) is 5.69 Å². The summed E-state index contributed by atoms with van der Waals surface area (Å²) in [7, 11) is 0. The minimum absolute atomic E-state index is 0.0130. The van der Waals surface area contributed by atoms with E-state index in [0.717, 1.165) is 57.7 Å². The molecule has 0 bridgehead atoms. The SMILES string of the molecule is CC(C)[C@H](C(=O)O)N1C[C@H](CN2CCC(NCCCC(=O)OCc3ccc([N+](=O)[O-])cc3)CC2)[C@@H](c2ccccc2)C1. The third-order valence-corrected chi connectivity index (χ3v) is 8.59. The number of carbonyl (C=O) groups excluding carboxylic acids is 1. The van der Waals surface area contributed by atoms with E-state index in [0.29, 0.717) is 30.7 Å². The van der Waals surface area contributed by atoms with Gasteiger partial charge in [-0.15, -0.1) is 0 Å². The highest BCUT2D eigenvalue weighted by atomic mass is 16.6. The van der Waals surface area contributed by atoms with Crippen LogP contribution in [0.3, 0.4) is 0 Å². The van der Waals surface area contributed by atoms with Gasteiger partial charge in [0, 0.05) is 50.1 Å². The number of hydrogen-bond acceptors (Lipinski definition) is 8. The molecule has 2 aromatic rings. The van der Waals surface area contributed by atoms with Crippen molar-refractivity contribution < 1.29 is 24.4 Å². The average molecular weight is 581 g/mol. The van der Waals surface area contributed by atoms with Gasteiger partial charge in [-0.3, -0.25) is 24.6 Å². The molecule has 10 heteroatoms. The summed E-state index contributed by atoms with van der Waals surface area (Å²) < 4.78 is 5.31. The van der Waals surface area contributed by atoms with Gasteiger partial charge in [-0.1, -0.05) is 44.2 Å². The van der Waals surface area contributed by atoms with Gasteiger partial charge in [0.1, 0.15) is 12.6 Å². The lowest BCUT2D eigenvalue weighted by Gasteiger charge is -2.35. The van der Waals surface area contributed by atoms with Gasteiger partial charge in [0.05, 0.1) is 4.92 Å². The molecule has 2 aliphatic heterocycles. The lowest BCUT2D eigenvalue weighted by Crippen LogP contribution is -2.46. The Morgan fingerprint density at radius 1 is 1.07 bits per heavy atom. The molecule has 3 atom stereocenters. The van der Waals surface area contributed by atoms with Crippen molar-refractivity contribution in [2.45, 2.75) is 64.1 Å². The Morgan fingerprint density at radius 2 is 1.76 bits per heavy atom. The van der Waals surface area contributed by atoms with Crippen molar-refractivity contribution in [3.05, 3.63) is 75.8 Å². The van der Waals surface area contributed by atoms with E-state index in [-0.39, 0.29) is 24.2 Å². The number of benzene rings is 2. The van der Waals surface area contributed by atoms with Crippen LogP contribution in [0.15, 0.2) is 54.6 Å². The Balaban J connectivity index is 1.17. The number of rotatable bonds is 14. The number of nitro groups is 1. The highest BCUT2D eigenvalue weighted by Crippen LogP contribution is 2.36. The van der Waals surface area contributed by atoms with Crippen LogP contribution in [-0.4, -0.2) is 83.1 Å². The fourth-order valence-electron chi connectivity index (χ4n) is 6.40. The van der Waals surface area contributed by atoms with Crippen molar-refractivity contribution in [1.82, 2.24) is 15.1 Å². The zero-order valence-electron chi connectivity index (χ0n) is 24.7. The molecule has 2 aromatic carbocycles. The maximum Gasteiger partial charge on any atom is 0.321 e. The summed E-state index contributed by atoms with van der Waals surface area (Å²) in [6.45, 7) is 9.38. The van der Waals surface area contributed by atoms with Crippen LogP contribution in [0.1, 0.15) is 56.6 Å². The van der Waals surface area contributed by atoms with E-state index in [1.807, 2.05) is 19.9 Å². The number of nitrogens with zero attached hydrogens (tertiary/aromatic N) is 3. The molecule has 2 fully saturated rings. The zero-order chi connectivity index (χ0) is 30.1. The topological polar surface area (TPSA) is 125 Å². The number of nitrogens with one attached hydrogen (secondary N) is 1. The van der Waals surface area contributed by atoms with E-state index in [9.17, 15) is 24.8 Å². The third-order valence-electron chi connectivity index (χ3n) is 8.59. The molecule has 2 heterocycles. The molecule has 0 radical (unpaired) electrons. The predicted molar refractivity (Wildman–Crippen MR) is 160 cm³/mol. The number of ether oxygens (including phenoxy) is 1. The van der Waals surface area contributed by atoms with Gasteiger partial charge in [-0.25, -0.2) is 0 Å². The number of likely N-dealkylation sites (tertiary alicyclic amines) is 2. The first-order chi connectivity index (χ1) is 20.2. The maximum atomic E-state index is 12.1. The molecule has 0 spiro atoms. The van der Waals surface area contributed by atoms with Crippen LogP contribution in [0, 0.1) is 22.0 Å². The van der Waals surface area contributed by atoms with E-state index in [1.165, 1.54) is 17.7 Å². The molecule has 2 saturated heterocycles. The number of carboxylic acid groups (broad SMARTS) is 1. The van der Waals surface area contributed by atoms with Crippen LogP contribution in [0.2, 0.25) is 0 Å². The molecule has 4 rings (SSSR count). The standard InChI is InChI=1S/C32H44N4O6/c1-23(2)31(32(38)39)35-20-26(29(21-35)25-7-4-3-5-8-25)19-34-17-14-27(15-18-34)33-16-6-9-30(37)42-22-24-10-12-28(13-11-24)36(40)41/h3-5,7-8,10-13,23,26-27,29,31,33H,6,9,14-22H2,1-2H3,(H,38,39)/t26-,29+,31+/m0/s1. The molecule has 228 valence electrons. The Bertz CT molecular complexity index is 1170. The average Bonchev–Trinajstić information content (AvgIpc) is 3.38. The fraction of sp³-hybridized carbons (Fsp3) is 0.562. The fourth-order valence-corrected chi connectivity index (χ4v) is 6.40.